The minimum atomic E-state index is -0.293. The van der Waals surface area contributed by atoms with Crippen molar-refractivity contribution in [2.24, 2.45) is 0 Å². The summed E-state index contributed by atoms with van der Waals surface area (Å²) in [7, 11) is 0. The van der Waals surface area contributed by atoms with Gasteiger partial charge in [0.15, 0.2) is 0 Å². The topological polar surface area (TPSA) is 108 Å². The molecule has 5 rings (SSSR count). The molecule has 3 N–H and O–H groups in total. The predicted octanol–water partition coefficient (Wildman–Crippen LogP) is 3.97. The van der Waals surface area contributed by atoms with E-state index in [9.17, 15) is 9.59 Å². The second-order valence-corrected chi connectivity index (χ2v) is 10.0. The number of pyridine rings is 2. The number of ether oxygens (including phenoxy) is 1. The van der Waals surface area contributed by atoms with Crippen molar-refractivity contribution in [1.29, 1.82) is 0 Å². The molecular weight excluding hydrogens is 540 g/mol. The third-order valence-corrected chi connectivity index (χ3v) is 7.00. The van der Waals surface area contributed by atoms with Crippen LogP contribution >= 0.6 is 0 Å². The summed E-state index contributed by atoms with van der Waals surface area (Å²) in [5.41, 5.74) is 5.70. The van der Waals surface area contributed by atoms with E-state index in [1.54, 1.807) is 36.9 Å². The fraction of sp³-hybridized carbons (Fsp3) is 0.235. The molecule has 1 saturated heterocycles. The Bertz CT molecular complexity index is 1560. The minimum Gasteiger partial charge on any atom is -0.379 e. The molecule has 9 nitrogen and oxygen atoms in total. The summed E-state index contributed by atoms with van der Waals surface area (Å²) in [4.78, 5) is 35.7. The molecule has 43 heavy (non-hydrogen) atoms. The van der Waals surface area contributed by atoms with Gasteiger partial charge in [0.1, 0.15) is 0 Å². The zero-order valence-electron chi connectivity index (χ0n) is 23.9. The van der Waals surface area contributed by atoms with Crippen LogP contribution in [0.4, 0.5) is 10.5 Å². The molecule has 1 aliphatic rings. The van der Waals surface area contributed by atoms with Crippen molar-refractivity contribution in [3.63, 3.8) is 0 Å². The van der Waals surface area contributed by atoms with Crippen LogP contribution < -0.4 is 16.0 Å². The van der Waals surface area contributed by atoms with E-state index < -0.39 is 0 Å². The number of anilines is 1. The van der Waals surface area contributed by atoms with Gasteiger partial charge < -0.3 is 20.7 Å². The lowest BCUT2D eigenvalue weighted by molar-refractivity contribution is 0.0383. The summed E-state index contributed by atoms with van der Waals surface area (Å²) in [5, 5.41) is 8.78. The summed E-state index contributed by atoms with van der Waals surface area (Å²) in [6.07, 6.45) is 7.67. The Labute approximate surface area is 251 Å². The van der Waals surface area contributed by atoms with Gasteiger partial charge in [0, 0.05) is 79.9 Å². The summed E-state index contributed by atoms with van der Waals surface area (Å²) in [6.45, 7) is 5.15. The maximum atomic E-state index is 12.6. The molecular formula is C34H34N6O3. The average molecular weight is 575 g/mol. The highest BCUT2D eigenvalue weighted by molar-refractivity contribution is 5.94. The van der Waals surface area contributed by atoms with E-state index in [4.69, 9.17) is 4.74 Å². The quantitative estimate of drug-likeness (QED) is 0.261. The van der Waals surface area contributed by atoms with Crippen LogP contribution in [-0.2, 0) is 11.2 Å². The Morgan fingerprint density at radius 3 is 2.44 bits per heavy atom. The van der Waals surface area contributed by atoms with E-state index in [0.717, 1.165) is 60.7 Å². The molecule has 3 heterocycles. The Morgan fingerprint density at radius 2 is 1.67 bits per heavy atom. The lowest BCUT2D eigenvalue weighted by atomic mass is 9.99. The molecule has 2 aromatic heterocycles. The van der Waals surface area contributed by atoms with Crippen LogP contribution in [0.1, 0.15) is 27.0 Å². The zero-order valence-corrected chi connectivity index (χ0v) is 23.9. The highest BCUT2D eigenvalue weighted by atomic mass is 16.5. The second-order valence-electron chi connectivity index (χ2n) is 10.0. The van der Waals surface area contributed by atoms with Crippen molar-refractivity contribution < 1.29 is 14.3 Å². The van der Waals surface area contributed by atoms with E-state index in [-0.39, 0.29) is 11.9 Å². The van der Waals surface area contributed by atoms with Crippen LogP contribution in [0.5, 0.6) is 0 Å². The first-order valence-corrected chi connectivity index (χ1v) is 14.3. The summed E-state index contributed by atoms with van der Waals surface area (Å²) < 4.78 is 5.37. The number of nitrogens with one attached hydrogen (secondary N) is 3. The maximum absolute atomic E-state index is 12.6. The Kier molecular flexibility index (Phi) is 10.5. The van der Waals surface area contributed by atoms with Gasteiger partial charge in [-0.3, -0.25) is 19.7 Å². The fourth-order valence-electron chi connectivity index (χ4n) is 4.65. The minimum absolute atomic E-state index is 0.106. The molecule has 0 bridgehead atoms. The van der Waals surface area contributed by atoms with Crippen molar-refractivity contribution in [2.75, 3.05) is 51.3 Å². The molecule has 0 spiro atoms. The van der Waals surface area contributed by atoms with Crippen molar-refractivity contribution in [3.05, 3.63) is 114 Å². The first kappa shape index (κ1) is 29.5. The van der Waals surface area contributed by atoms with Crippen molar-refractivity contribution >= 4 is 17.6 Å². The average Bonchev–Trinajstić information content (AvgIpc) is 3.05. The molecule has 218 valence electrons. The molecule has 0 unspecified atom stereocenters. The summed E-state index contributed by atoms with van der Waals surface area (Å²) >= 11 is 0. The largest absolute Gasteiger partial charge is 0.379 e. The van der Waals surface area contributed by atoms with Crippen molar-refractivity contribution in [3.8, 4) is 23.0 Å². The number of rotatable bonds is 9. The Balaban J connectivity index is 1.23. The molecule has 0 atom stereocenters. The molecule has 1 fully saturated rings. The van der Waals surface area contributed by atoms with Gasteiger partial charge in [-0.15, -0.1) is 0 Å². The molecule has 3 amide bonds. The van der Waals surface area contributed by atoms with E-state index in [1.807, 2.05) is 54.6 Å². The number of carbonyl (C=O) groups excluding carboxylic acids is 2. The number of morpholine rings is 1. The number of benzene rings is 2. The molecule has 0 aliphatic carbocycles. The van der Waals surface area contributed by atoms with Gasteiger partial charge in [0.05, 0.1) is 13.2 Å². The normalized spacial score (nSPS) is 12.9. The van der Waals surface area contributed by atoms with Gasteiger partial charge in [-0.2, -0.15) is 0 Å². The van der Waals surface area contributed by atoms with Gasteiger partial charge >= 0.3 is 6.03 Å². The number of hydrogen-bond acceptors (Lipinski definition) is 6. The monoisotopic (exact) mass is 574 g/mol. The van der Waals surface area contributed by atoms with Crippen LogP contribution in [0, 0.1) is 11.8 Å². The third kappa shape index (κ3) is 8.97. The standard InChI is InChI=1S/C34H34N6O3/c41-33(37-18-19-40-20-22-43-23-21-40)29-6-3-26(4-7-29)5-8-30-24-31(9-10-32(30)28-12-15-35-16-13-28)39-34(42)38-17-11-27-2-1-14-36-25-27/h1-4,6-7,9-10,12-16,24-25H,11,17-23H2,(H,37,41)(H2,38,39,42). The number of hydrogen-bond donors (Lipinski definition) is 3. The summed E-state index contributed by atoms with van der Waals surface area (Å²) in [5.74, 6) is 6.36. The Hall–Kier alpha value is -5.04. The zero-order chi connectivity index (χ0) is 29.7. The predicted molar refractivity (Wildman–Crippen MR) is 167 cm³/mol. The number of nitrogens with zero attached hydrogens (tertiary/aromatic N) is 3. The number of amides is 3. The van der Waals surface area contributed by atoms with Crippen LogP contribution in [-0.4, -0.2) is 72.7 Å². The van der Waals surface area contributed by atoms with Crippen LogP contribution in [0.25, 0.3) is 11.1 Å². The summed E-state index contributed by atoms with van der Waals surface area (Å²) in [6, 6.07) is 20.3. The molecule has 9 heteroatoms. The lowest BCUT2D eigenvalue weighted by Crippen LogP contribution is -2.41. The van der Waals surface area contributed by atoms with Crippen LogP contribution in [0.3, 0.4) is 0 Å². The van der Waals surface area contributed by atoms with Gasteiger partial charge in [-0.05, 0) is 77.7 Å². The van der Waals surface area contributed by atoms with Gasteiger partial charge in [-0.1, -0.05) is 24.0 Å². The van der Waals surface area contributed by atoms with Crippen LogP contribution in [0.2, 0.25) is 0 Å². The fourth-order valence-corrected chi connectivity index (χ4v) is 4.65. The Morgan fingerprint density at radius 1 is 0.860 bits per heavy atom. The van der Waals surface area contributed by atoms with Gasteiger partial charge in [0.2, 0.25) is 0 Å². The number of aromatic nitrogens is 2. The van der Waals surface area contributed by atoms with Gasteiger partial charge in [0.25, 0.3) is 5.91 Å². The van der Waals surface area contributed by atoms with E-state index >= 15 is 0 Å². The maximum Gasteiger partial charge on any atom is 0.319 e. The molecule has 1 aliphatic heterocycles. The molecule has 0 radical (unpaired) electrons. The van der Waals surface area contributed by atoms with Crippen molar-refractivity contribution in [2.45, 2.75) is 6.42 Å². The highest BCUT2D eigenvalue weighted by Gasteiger charge is 2.11. The van der Waals surface area contributed by atoms with E-state index in [1.165, 1.54) is 0 Å². The third-order valence-electron chi connectivity index (χ3n) is 7.00. The SMILES string of the molecule is O=C(NCCc1cccnc1)Nc1ccc(-c2ccncc2)c(C#Cc2ccc(C(=O)NCCN3CCOCC3)cc2)c1. The highest BCUT2D eigenvalue weighted by Crippen LogP contribution is 2.26. The van der Waals surface area contributed by atoms with Crippen molar-refractivity contribution in [1.82, 2.24) is 25.5 Å². The van der Waals surface area contributed by atoms with E-state index in [2.05, 4.69) is 42.7 Å². The smallest absolute Gasteiger partial charge is 0.319 e. The number of carbonyl (C=O) groups is 2. The van der Waals surface area contributed by atoms with E-state index in [0.29, 0.717) is 30.8 Å². The molecule has 0 saturated carbocycles. The second kappa shape index (κ2) is 15.3. The van der Waals surface area contributed by atoms with Gasteiger partial charge in [-0.25, -0.2) is 4.79 Å². The van der Waals surface area contributed by atoms with Crippen LogP contribution in [0.15, 0.2) is 91.5 Å². The first-order chi connectivity index (χ1) is 21.1. The number of urea groups is 1. The molecule has 2 aromatic carbocycles. The first-order valence-electron chi connectivity index (χ1n) is 14.3. The lowest BCUT2D eigenvalue weighted by Gasteiger charge is -2.26. The molecule has 4 aromatic rings.